The van der Waals surface area contributed by atoms with Crippen LogP contribution in [0.2, 0.25) is 0 Å². The molecule has 1 aliphatic heterocycles. The molecule has 4 rings (SSSR count). The number of fused-ring (bicyclic) bond motifs is 3. The smallest absolute Gasteiger partial charge is 0.321 e. The van der Waals surface area contributed by atoms with Crippen molar-refractivity contribution in [1.82, 2.24) is 9.55 Å². The number of esters is 1. The molecule has 0 fully saturated rings. The summed E-state index contributed by atoms with van der Waals surface area (Å²) in [5.74, 6) is -0.599. The van der Waals surface area contributed by atoms with Gasteiger partial charge in [-0.3, -0.25) is 19.1 Å². The second-order valence-corrected chi connectivity index (χ2v) is 8.61. The lowest BCUT2D eigenvalue weighted by Gasteiger charge is -2.37. The summed E-state index contributed by atoms with van der Waals surface area (Å²) in [6.45, 7) is 6.76. The number of amides is 1. The number of imidazole rings is 1. The van der Waals surface area contributed by atoms with E-state index in [2.05, 4.69) is 13.8 Å². The zero-order valence-corrected chi connectivity index (χ0v) is 17.7. The highest BCUT2D eigenvalue weighted by Gasteiger charge is 2.48. The standard InChI is InChI=1S/C22H25N3O3S/c1-4-28-21(27)18-19(17-10-7-13-29-17)25-16-9-6-5-8-15(16)23-22(25)24(20(18)26)12-11-14(2)3/h5-10,13-14,18-19H,4,11-12H2,1-3H3/t18-,19-/m1/s1. The fourth-order valence-corrected chi connectivity index (χ4v) is 4.71. The zero-order chi connectivity index (χ0) is 20.5. The summed E-state index contributed by atoms with van der Waals surface area (Å²) in [5.41, 5.74) is 1.73. The van der Waals surface area contributed by atoms with Crippen molar-refractivity contribution in [2.45, 2.75) is 33.2 Å². The fraction of sp³-hybridized carbons (Fsp3) is 0.409. The number of para-hydroxylation sites is 2. The maximum atomic E-state index is 13.6. The number of rotatable bonds is 6. The van der Waals surface area contributed by atoms with Crippen LogP contribution in [0.3, 0.4) is 0 Å². The second kappa shape index (κ2) is 7.99. The van der Waals surface area contributed by atoms with Gasteiger partial charge in [0.15, 0.2) is 5.92 Å². The van der Waals surface area contributed by atoms with E-state index >= 15 is 0 Å². The predicted octanol–water partition coefficient (Wildman–Crippen LogP) is 4.26. The molecule has 0 spiro atoms. The van der Waals surface area contributed by atoms with Crippen molar-refractivity contribution >= 4 is 40.2 Å². The van der Waals surface area contributed by atoms with E-state index in [1.165, 1.54) is 11.3 Å². The van der Waals surface area contributed by atoms with Crippen LogP contribution in [-0.4, -0.2) is 34.6 Å². The average Bonchev–Trinajstić information content (AvgIpc) is 3.34. The summed E-state index contributed by atoms with van der Waals surface area (Å²) >= 11 is 1.54. The summed E-state index contributed by atoms with van der Waals surface area (Å²) in [6.07, 6.45) is 0.828. The quantitative estimate of drug-likeness (QED) is 0.449. The first-order valence-corrected chi connectivity index (χ1v) is 10.9. The van der Waals surface area contributed by atoms with Gasteiger partial charge >= 0.3 is 5.97 Å². The van der Waals surface area contributed by atoms with Crippen LogP contribution in [0.25, 0.3) is 11.0 Å². The predicted molar refractivity (Wildman–Crippen MR) is 114 cm³/mol. The number of benzene rings is 1. The van der Waals surface area contributed by atoms with E-state index in [1.54, 1.807) is 11.8 Å². The molecule has 0 unspecified atom stereocenters. The van der Waals surface area contributed by atoms with Gasteiger partial charge in [-0.15, -0.1) is 11.3 Å². The molecule has 2 atom stereocenters. The summed E-state index contributed by atoms with van der Waals surface area (Å²) in [6, 6.07) is 11.3. The minimum atomic E-state index is -0.925. The third-order valence-corrected chi connectivity index (χ3v) is 6.19. The number of carbonyl (C=O) groups excluding carboxylic acids is 2. The van der Waals surface area contributed by atoms with Crippen molar-refractivity contribution < 1.29 is 14.3 Å². The van der Waals surface area contributed by atoms with Gasteiger partial charge in [-0.25, -0.2) is 4.98 Å². The van der Waals surface area contributed by atoms with Gasteiger partial charge in [0.25, 0.3) is 0 Å². The lowest BCUT2D eigenvalue weighted by Crippen LogP contribution is -2.50. The molecule has 1 aromatic carbocycles. The monoisotopic (exact) mass is 411 g/mol. The largest absolute Gasteiger partial charge is 0.465 e. The molecule has 152 valence electrons. The molecule has 3 heterocycles. The highest BCUT2D eigenvalue weighted by molar-refractivity contribution is 7.10. The summed E-state index contributed by atoms with van der Waals surface area (Å²) in [4.78, 5) is 33.9. The topological polar surface area (TPSA) is 64.4 Å². The highest BCUT2D eigenvalue weighted by Crippen LogP contribution is 2.42. The number of anilines is 1. The summed E-state index contributed by atoms with van der Waals surface area (Å²) < 4.78 is 7.39. The van der Waals surface area contributed by atoms with E-state index in [1.807, 2.05) is 46.3 Å². The molecular weight excluding hydrogens is 386 g/mol. The molecule has 0 aliphatic carbocycles. The lowest BCUT2D eigenvalue weighted by molar-refractivity contribution is -0.153. The average molecular weight is 412 g/mol. The van der Waals surface area contributed by atoms with Crippen LogP contribution < -0.4 is 4.90 Å². The molecule has 0 radical (unpaired) electrons. The summed E-state index contributed by atoms with van der Waals surface area (Å²) in [5, 5.41) is 1.96. The highest BCUT2D eigenvalue weighted by atomic mass is 32.1. The van der Waals surface area contributed by atoms with Crippen LogP contribution in [0, 0.1) is 11.8 Å². The van der Waals surface area contributed by atoms with E-state index in [9.17, 15) is 9.59 Å². The van der Waals surface area contributed by atoms with E-state index in [4.69, 9.17) is 9.72 Å². The van der Waals surface area contributed by atoms with Gasteiger partial charge in [-0.1, -0.05) is 32.0 Å². The number of hydrogen-bond acceptors (Lipinski definition) is 5. The Kier molecular flexibility index (Phi) is 5.41. The Hall–Kier alpha value is -2.67. The molecule has 2 aromatic heterocycles. The van der Waals surface area contributed by atoms with Gasteiger partial charge in [-0.2, -0.15) is 0 Å². The molecule has 29 heavy (non-hydrogen) atoms. The molecule has 1 amide bonds. The SMILES string of the molecule is CCOC(=O)[C@H]1C(=O)N(CCC(C)C)c2nc3ccccc3n2[C@@H]1c1cccs1. The molecule has 1 aliphatic rings. The third-order valence-electron chi connectivity index (χ3n) is 5.25. The molecule has 0 bridgehead atoms. The molecule has 6 nitrogen and oxygen atoms in total. The van der Waals surface area contributed by atoms with Gasteiger partial charge in [0, 0.05) is 11.4 Å². The van der Waals surface area contributed by atoms with Crippen molar-refractivity contribution in [3.63, 3.8) is 0 Å². The maximum absolute atomic E-state index is 13.6. The van der Waals surface area contributed by atoms with Crippen molar-refractivity contribution in [2.75, 3.05) is 18.1 Å². The Morgan fingerprint density at radius 1 is 1.24 bits per heavy atom. The first-order valence-electron chi connectivity index (χ1n) is 10.0. The molecule has 7 heteroatoms. The Labute approximate surface area is 174 Å². The van der Waals surface area contributed by atoms with Crippen LogP contribution in [0.5, 0.6) is 0 Å². The van der Waals surface area contributed by atoms with Crippen molar-refractivity contribution in [2.24, 2.45) is 11.8 Å². The van der Waals surface area contributed by atoms with Gasteiger partial charge in [0.05, 0.1) is 23.7 Å². The minimum Gasteiger partial charge on any atom is -0.465 e. The Morgan fingerprint density at radius 2 is 2.03 bits per heavy atom. The van der Waals surface area contributed by atoms with Crippen molar-refractivity contribution in [3.05, 3.63) is 46.7 Å². The van der Waals surface area contributed by atoms with E-state index in [0.29, 0.717) is 18.4 Å². The Bertz CT molecular complexity index is 1030. The van der Waals surface area contributed by atoms with Gasteiger partial charge in [-0.05, 0) is 42.8 Å². The number of ether oxygens (including phenoxy) is 1. The molecule has 0 saturated carbocycles. The fourth-order valence-electron chi connectivity index (χ4n) is 3.86. The first-order chi connectivity index (χ1) is 14.0. The number of thiophene rings is 1. The number of carbonyl (C=O) groups is 2. The van der Waals surface area contributed by atoms with Crippen molar-refractivity contribution in [1.29, 1.82) is 0 Å². The van der Waals surface area contributed by atoms with Gasteiger partial charge < -0.3 is 4.74 Å². The summed E-state index contributed by atoms with van der Waals surface area (Å²) in [7, 11) is 0. The first kappa shape index (κ1) is 19.6. The van der Waals surface area contributed by atoms with E-state index in [-0.39, 0.29) is 12.5 Å². The van der Waals surface area contributed by atoms with E-state index in [0.717, 1.165) is 22.3 Å². The van der Waals surface area contributed by atoms with E-state index < -0.39 is 17.9 Å². The van der Waals surface area contributed by atoms with Crippen LogP contribution in [-0.2, 0) is 14.3 Å². The van der Waals surface area contributed by atoms with Crippen molar-refractivity contribution in [3.8, 4) is 0 Å². The Morgan fingerprint density at radius 3 is 2.72 bits per heavy atom. The minimum absolute atomic E-state index is 0.231. The van der Waals surface area contributed by atoms with Gasteiger partial charge in [0.1, 0.15) is 0 Å². The molecule has 3 aromatic rings. The Balaban J connectivity index is 1.93. The molecular formula is C22H25N3O3S. The van der Waals surface area contributed by atoms with Crippen LogP contribution in [0.15, 0.2) is 41.8 Å². The second-order valence-electron chi connectivity index (χ2n) is 7.63. The normalized spacial score (nSPS) is 19.0. The third kappa shape index (κ3) is 3.44. The number of hydrogen-bond donors (Lipinski definition) is 0. The number of aromatic nitrogens is 2. The maximum Gasteiger partial charge on any atom is 0.321 e. The van der Waals surface area contributed by atoms with Crippen LogP contribution in [0.4, 0.5) is 5.95 Å². The van der Waals surface area contributed by atoms with Crippen LogP contribution in [0.1, 0.15) is 38.1 Å². The molecule has 0 saturated heterocycles. The molecule has 0 N–H and O–H groups in total. The zero-order valence-electron chi connectivity index (χ0n) is 16.9. The van der Waals surface area contributed by atoms with Gasteiger partial charge in [0.2, 0.25) is 11.9 Å². The lowest BCUT2D eigenvalue weighted by atomic mass is 9.93. The number of nitrogens with zero attached hydrogens (tertiary/aromatic N) is 3. The van der Waals surface area contributed by atoms with Crippen LogP contribution >= 0.6 is 11.3 Å².